The zero-order chi connectivity index (χ0) is 15.8. The summed E-state index contributed by atoms with van der Waals surface area (Å²) in [6.45, 7) is 2.26. The van der Waals surface area contributed by atoms with Crippen LogP contribution in [-0.4, -0.2) is 26.3 Å². The minimum Gasteiger partial charge on any atom is -0.347 e. The average Bonchev–Trinajstić information content (AvgIpc) is 2.53. The Bertz CT molecular complexity index is 225. The van der Waals surface area contributed by atoms with E-state index in [0.29, 0.717) is 6.42 Å². The lowest BCUT2D eigenvalue weighted by Crippen LogP contribution is -2.35. The SMILES string of the molecule is CCCCCCCCCCCCCCC(C=O)(OC)OC. The van der Waals surface area contributed by atoms with E-state index >= 15 is 0 Å². The molecule has 0 saturated heterocycles. The second-order valence-electron chi connectivity index (χ2n) is 5.98. The Hall–Kier alpha value is -0.410. The van der Waals surface area contributed by atoms with Crippen molar-refractivity contribution in [3.05, 3.63) is 0 Å². The Morgan fingerprint density at radius 3 is 1.43 bits per heavy atom. The Kier molecular flexibility index (Phi) is 14.2. The Balaban J connectivity index is 3.31. The largest absolute Gasteiger partial charge is 0.347 e. The summed E-state index contributed by atoms with van der Waals surface area (Å²) in [5, 5.41) is 0. The van der Waals surface area contributed by atoms with Crippen LogP contribution in [0.5, 0.6) is 0 Å². The molecule has 21 heavy (non-hydrogen) atoms. The highest BCUT2D eigenvalue weighted by Gasteiger charge is 2.27. The number of aldehydes is 1. The van der Waals surface area contributed by atoms with Crippen LogP contribution in [0.1, 0.15) is 90.4 Å². The third-order valence-corrected chi connectivity index (χ3v) is 4.25. The van der Waals surface area contributed by atoms with Gasteiger partial charge in [-0.05, 0) is 6.42 Å². The van der Waals surface area contributed by atoms with Gasteiger partial charge in [-0.2, -0.15) is 0 Å². The number of methoxy groups -OCH3 is 2. The quantitative estimate of drug-likeness (QED) is 0.221. The standard InChI is InChI=1S/C18H36O3/c1-4-5-6-7-8-9-10-11-12-13-14-15-16-18(17-19,20-2)21-3/h17H,4-16H2,1-3H3. The number of hydrogen-bond acceptors (Lipinski definition) is 3. The van der Waals surface area contributed by atoms with Crippen LogP contribution in [0, 0.1) is 0 Å². The molecule has 3 nitrogen and oxygen atoms in total. The third kappa shape index (κ3) is 10.9. The predicted octanol–water partition coefficient (Wildman–Crippen LogP) is 5.27. The first kappa shape index (κ1) is 20.6. The fourth-order valence-corrected chi connectivity index (χ4v) is 2.65. The van der Waals surface area contributed by atoms with Gasteiger partial charge in [-0.3, -0.25) is 4.79 Å². The van der Waals surface area contributed by atoms with Gasteiger partial charge in [0.1, 0.15) is 0 Å². The summed E-state index contributed by atoms with van der Waals surface area (Å²) in [6, 6.07) is 0. The van der Waals surface area contributed by atoms with Crippen LogP contribution in [0.3, 0.4) is 0 Å². The van der Waals surface area contributed by atoms with Crippen LogP contribution in [0.2, 0.25) is 0 Å². The molecule has 3 heteroatoms. The molecule has 0 aromatic rings. The molecule has 0 heterocycles. The summed E-state index contributed by atoms with van der Waals surface area (Å²) in [5.41, 5.74) is 0. The average molecular weight is 300 g/mol. The lowest BCUT2D eigenvalue weighted by molar-refractivity contribution is -0.198. The molecule has 0 N–H and O–H groups in total. The zero-order valence-corrected chi connectivity index (χ0v) is 14.5. The van der Waals surface area contributed by atoms with Crippen molar-refractivity contribution in [1.29, 1.82) is 0 Å². The molecule has 0 aromatic carbocycles. The summed E-state index contributed by atoms with van der Waals surface area (Å²) in [4.78, 5) is 11.0. The molecular weight excluding hydrogens is 264 g/mol. The van der Waals surface area contributed by atoms with Crippen LogP contribution in [0.4, 0.5) is 0 Å². The summed E-state index contributed by atoms with van der Waals surface area (Å²) in [5.74, 6) is -1.02. The van der Waals surface area contributed by atoms with Crippen molar-refractivity contribution >= 4 is 6.29 Å². The highest BCUT2D eigenvalue weighted by molar-refractivity contribution is 5.59. The molecule has 0 fully saturated rings. The molecule has 0 rings (SSSR count). The molecule has 0 aliphatic carbocycles. The topological polar surface area (TPSA) is 35.5 Å². The van der Waals surface area contributed by atoms with Gasteiger partial charge in [0.15, 0.2) is 6.29 Å². The van der Waals surface area contributed by atoms with Crippen molar-refractivity contribution in [2.45, 2.75) is 96.2 Å². The van der Waals surface area contributed by atoms with E-state index in [9.17, 15) is 4.79 Å². The number of hydrogen-bond donors (Lipinski definition) is 0. The van der Waals surface area contributed by atoms with Gasteiger partial charge >= 0.3 is 0 Å². The van der Waals surface area contributed by atoms with Crippen molar-refractivity contribution < 1.29 is 14.3 Å². The molecule has 0 amide bonds. The second-order valence-corrected chi connectivity index (χ2v) is 5.98. The van der Waals surface area contributed by atoms with E-state index in [4.69, 9.17) is 9.47 Å². The minimum atomic E-state index is -1.02. The van der Waals surface area contributed by atoms with E-state index in [1.807, 2.05) is 0 Å². The van der Waals surface area contributed by atoms with E-state index in [1.165, 1.54) is 78.4 Å². The van der Waals surface area contributed by atoms with E-state index in [-0.39, 0.29) is 0 Å². The maximum absolute atomic E-state index is 11.0. The van der Waals surface area contributed by atoms with E-state index in [2.05, 4.69) is 6.92 Å². The third-order valence-electron chi connectivity index (χ3n) is 4.25. The molecule has 0 bridgehead atoms. The monoisotopic (exact) mass is 300 g/mol. The fraction of sp³-hybridized carbons (Fsp3) is 0.944. The fourth-order valence-electron chi connectivity index (χ4n) is 2.65. The molecule has 0 aliphatic rings. The van der Waals surface area contributed by atoms with Gasteiger partial charge in [-0.15, -0.1) is 0 Å². The smallest absolute Gasteiger partial charge is 0.225 e. The van der Waals surface area contributed by atoms with Crippen LogP contribution >= 0.6 is 0 Å². The number of carbonyl (C=O) groups is 1. The maximum Gasteiger partial charge on any atom is 0.225 e. The van der Waals surface area contributed by atoms with Crippen molar-refractivity contribution in [2.75, 3.05) is 14.2 Å². The second kappa shape index (κ2) is 14.5. The van der Waals surface area contributed by atoms with E-state index < -0.39 is 5.79 Å². The normalized spacial score (nSPS) is 11.8. The molecular formula is C18H36O3. The Morgan fingerprint density at radius 1 is 0.714 bits per heavy atom. The minimum absolute atomic E-state index is 0.654. The first-order chi connectivity index (χ1) is 10.2. The van der Waals surface area contributed by atoms with Crippen molar-refractivity contribution in [3.63, 3.8) is 0 Å². The van der Waals surface area contributed by atoms with E-state index in [0.717, 1.165) is 19.1 Å². The van der Waals surface area contributed by atoms with Crippen LogP contribution in [-0.2, 0) is 14.3 Å². The van der Waals surface area contributed by atoms with Gasteiger partial charge in [0, 0.05) is 20.6 Å². The lowest BCUT2D eigenvalue weighted by atomic mass is 10.0. The van der Waals surface area contributed by atoms with Crippen LogP contribution in [0.25, 0.3) is 0 Å². The van der Waals surface area contributed by atoms with Gasteiger partial charge in [0.2, 0.25) is 5.79 Å². The van der Waals surface area contributed by atoms with Gasteiger partial charge < -0.3 is 9.47 Å². The first-order valence-electron chi connectivity index (χ1n) is 8.81. The molecule has 0 aliphatic heterocycles. The van der Waals surface area contributed by atoms with Crippen molar-refractivity contribution in [1.82, 2.24) is 0 Å². The molecule has 0 unspecified atom stereocenters. The summed E-state index contributed by atoms with van der Waals surface area (Å²) in [7, 11) is 3.05. The number of unbranched alkanes of at least 4 members (excludes halogenated alkanes) is 11. The highest BCUT2D eigenvalue weighted by Crippen LogP contribution is 2.19. The van der Waals surface area contributed by atoms with Crippen LogP contribution < -0.4 is 0 Å². The molecule has 0 radical (unpaired) electrons. The highest BCUT2D eigenvalue weighted by atomic mass is 16.7. The maximum atomic E-state index is 11.0. The van der Waals surface area contributed by atoms with Gasteiger partial charge in [0.25, 0.3) is 0 Å². The molecule has 0 saturated carbocycles. The molecule has 0 atom stereocenters. The van der Waals surface area contributed by atoms with Gasteiger partial charge in [-0.1, -0.05) is 77.6 Å². The molecule has 0 aromatic heterocycles. The summed E-state index contributed by atoms with van der Waals surface area (Å²) >= 11 is 0. The Labute approximate surface area is 131 Å². The first-order valence-corrected chi connectivity index (χ1v) is 8.81. The van der Waals surface area contributed by atoms with Gasteiger partial charge in [0.05, 0.1) is 0 Å². The van der Waals surface area contributed by atoms with Crippen LogP contribution in [0.15, 0.2) is 0 Å². The van der Waals surface area contributed by atoms with Gasteiger partial charge in [-0.25, -0.2) is 0 Å². The predicted molar refractivity (Wildman–Crippen MR) is 88.5 cm³/mol. The zero-order valence-electron chi connectivity index (χ0n) is 14.5. The van der Waals surface area contributed by atoms with E-state index in [1.54, 1.807) is 0 Å². The number of carbonyl (C=O) groups excluding carboxylic acids is 1. The molecule has 126 valence electrons. The number of rotatable bonds is 16. The lowest BCUT2D eigenvalue weighted by Gasteiger charge is -2.24. The summed E-state index contributed by atoms with van der Waals surface area (Å²) < 4.78 is 10.3. The van der Waals surface area contributed by atoms with Crippen molar-refractivity contribution in [2.24, 2.45) is 0 Å². The molecule has 0 spiro atoms. The summed E-state index contributed by atoms with van der Waals surface area (Å²) in [6.07, 6.45) is 17.2. The van der Waals surface area contributed by atoms with Crippen molar-refractivity contribution in [3.8, 4) is 0 Å². The Morgan fingerprint density at radius 2 is 1.10 bits per heavy atom. The number of ether oxygens (including phenoxy) is 2.